The molecule has 2 aromatic rings. The fourth-order valence-corrected chi connectivity index (χ4v) is 3.15. The van der Waals surface area contributed by atoms with E-state index in [4.69, 9.17) is 21.1 Å². The number of hydrogen-bond donors (Lipinski definition) is 1. The summed E-state index contributed by atoms with van der Waals surface area (Å²) in [5, 5.41) is 3.16. The summed E-state index contributed by atoms with van der Waals surface area (Å²) in [6, 6.07) is 11.5. The van der Waals surface area contributed by atoms with Crippen molar-refractivity contribution in [2.75, 3.05) is 21.3 Å². The number of ether oxygens (including phenoxy) is 2. The quantitative estimate of drug-likeness (QED) is 0.708. The van der Waals surface area contributed by atoms with Gasteiger partial charge in [-0.3, -0.25) is 9.59 Å². The van der Waals surface area contributed by atoms with Crippen LogP contribution in [0.3, 0.4) is 0 Å². The lowest BCUT2D eigenvalue weighted by Gasteiger charge is -2.27. The Kier molecular flexibility index (Phi) is 7.91. The minimum Gasteiger partial charge on any atom is -0.497 e. The average Bonchev–Trinajstić information content (AvgIpc) is 2.71. The van der Waals surface area contributed by atoms with Crippen LogP contribution in [0, 0.1) is 5.92 Å². The molecule has 0 radical (unpaired) electrons. The van der Waals surface area contributed by atoms with Crippen molar-refractivity contribution in [3.05, 3.63) is 58.6 Å². The second kappa shape index (κ2) is 10.2. The van der Waals surface area contributed by atoms with Gasteiger partial charge < -0.3 is 19.7 Å². The largest absolute Gasteiger partial charge is 0.497 e. The highest BCUT2D eigenvalue weighted by atomic mass is 35.5. The lowest BCUT2D eigenvalue weighted by molar-refractivity contribution is -0.133. The molecule has 0 aliphatic heterocycles. The van der Waals surface area contributed by atoms with Gasteiger partial charge in [0.05, 0.1) is 24.8 Å². The molecule has 7 heteroatoms. The van der Waals surface area contributed by atoms with Gasteiger partial charge in [0.15, 0.2) is 0 Å². The molecular formula is C22H27ClN2O4. The Morgan fingerprint density at radius 2 is 1.79 bits per heavy atom. The number of carbonyl (C=O) groups is 2. The highest BCUT2D eigenvalue weighted by Gasteiger charge is 2.28. The molecule has 0 spiro atoms. The molecule has 0 saturated carbocycles. The molecule has 1 N–H and O–H groups in total. The Morgan fingerprint density at radius 3 is 2.38 bits per heavy atom. The Labute approximate surface area is 176 Å². The Morgan fingerprint density at radius 1 is 1.10 bits per heavy atom. The first kappa shape index (κ1) is 22.6. The lowest BCUT2D eigenvalue weighted by Crippen LogP contribution is -2.50. The topological polar surface area (TPSA) is 67.9 Å². The molecular weight excluding hydrogens is 392 g/mol. The number of rotatable bonds is 8. The second-order valence-electron chi connectivity index (χ2n) is 7.05. The first-order valence-electron chi connectivity index (χ1n) is 9.29. The third-order valence-corrected chi connectivity index (χ3v) is 4.95. The number of methoxy groups -OCH3 is 2. The van der Waals surface area contributed by atoms with E-state index in [9.17, 15) is 9.59 Å². The third kappa shape index (κ3) is 5.64. The van der Waals surface area contributed by atoms with Crippen molar-refractivity contribution >= 4 is 23.4 Å². The van der Waals surface area contributed by atoms with Crippen LogP contribution in [-0.2, 0) is 11.3 Å². The Hall–Kier alpha value is -2.73. The predicted octanol–water partition coefficient (Wildman–Crippen LogP) is 3.77. The van der Waals surface area contributed by atoms with Crippen molar-refractivity contribution in [1.29, 1.82) is 0 Å². The fourth-order valence-electron chi connectivity index (χ4n) is 2.93. The summed E-state index contributed by atoms with van der Waals surface area (Å²) in [5.41, 5.74) is 1.18. The van der Waals surface area contributed by atoms with Gasteiger partial charge in [0.2, 0.25) is 5.91 Å². The van der Waals surface area contributed by atoms with Crippen molar-refractivity contribution in [1.82, 2.24) is 10.2 Å². The standard InChI is InChI=1S/C22H27ClN2O4/c1-14(2)20(24-21(26)17-8-6-7-9-18(17)23)22(27)25(3)13-15-10-11-16(28-4)12-19(15)29-5/h6-12,14,20H,13H2,1-5H3,(H,24,26). The van der Waals surface area contributed by atoms with Crippen LogP contribution in [0.1, 0.15) is 29.8 Å². The second-order valence-corrected chi connectivity index (χ2v) is 7.45. The minimum absolute atomic E-state index is 0.103. The van der Waals surface area contributed by atoms with Crippen LogP contribution in [0.4, 0.5) is 0 Å². The fraction of sp³-hybridized carbons (Fsp3) is 0.364. The van der Waals surface area contributed by atoms with Crippen LogP contribution < -0.4 is 14.8 Å². The number of likely N-dealkylation sites (N-methyl/N-ethyl adjacent to an activating group) is 1. The summed E-state index contributed by atoms with van der Waals surface area (Å²) in [5.74, 6) is 0.627. The molecule has 2 aromatic carbocycles. The van der Waals surface area contributed by atoms with Crippen molar-refractivity contribution < 1.29 is 19.1 Å². The Bertz CT molecular complexity index is 870. The average molecular weight is 419 g/mol. The summed E-state index contributed by atoms with van der Waals surface area (Å²) in [7, 11) is 4.85. The molecule has 2 rings (SSSR count). The van der Waals surface area contributed by atoms with E-state index >= 15 is 0 Å². The van der Waals surface area contributed by atoms with Gasteiger partial charge in [-0.15, -0.1) is 0 Å². The molecule has 0 heterocycles. The van der Waals surface area contributed by atoms with Crippen LogP contribution >= 0.6 is 11.6 Å². The van der Waals surface area contributed by atoms with Crippen LogP contribution in [0.5, 0.6) is 11.5 Å². The highest BCUT2D eigenvalue weighted by Crippen LogP contribution is 2.26. The predicted molar refractivity (Wildman–Crippen MR) is 114 cm³/mol. The van der Waals surface area contributed by atoms with Gasteiger partial charge in [-0.25, -0.2) is 0 Å². The van der Waals surface area contributed by atoms with Crippen molar-refractivity contribution in [3.8, 4) is 11.5 Å². The normalized spacial score (nSPS) is 11.7. The molecule has 0 saturated heterocycles. The van der Waals surface area contributed by atoms with Crippen LogP contribution in [0.2, 0.25) is 5.02 Å². The maximum atomic E-state index is 13.1. The van der Waals surface area contributed by atoms with E-state index < -0.39 is 6.04 Å². The number of carbonyl (C=O) groups excluding carboxylic acids is 2. The smallest absolute Gasteiger partial charge is 0.253 e. The van der Waals surface area contributed by atoms with Gasteiger partial charge >= 0.3 is 0 Å². The molecule has 2 amide bonds. The summed E-state index contributed by atoms with van der Waals surface area (Å²) in [6.45, 7) is 4.10. The summed E-state index contributed by atoms with van der Waals surface area (Å²) < 4.78 is 10.6. The van der Waals surface area contributed by atoms with Gasteiger partial charge in [0.25, 0.3) is 5.91 Å². The van der Waals surface area contributed by atoms with Gasteiger partial charge in [-0.05, 0) is 30.2 Å². The zero-order chi connectivity index (χ0) is 21.6. The highest BCUT2D eigenvalue weighted by molar-refractivity contribution is 6.33. The van der Waals surface area contributed by atoms with Crippen LogP contribution in [-0.4, -0.2) is 44.0 Å². The number of benzene rings is 2. The first-order chi connectivity index (χ1) is 13.8. The monoisotopic (exact) mass is 418 g/mol. The maximum Gasteiger partial charge on any atom is 0.253 e. The zero-order valence-electron chi connectivity index (χ0n) is 17.4. The molecule has 156 valence electrons. The molecule has 1 unspecified atom stereocenters. The van der Waals surface area contributed by atoms with Crippen molar-refractivity contribution in [3.63, 3.8) is 0 Å². The van der Waals surface area contributed by atoms with E-state index in [1.807, 2.05) is 26.0 Å². The number of nitrogens with one attached hydrogen (secondary N) is 1. The minimum atomic E-state index is -0.687. The molecule has 0 aliphatic rings. The van der Waals surface area contributed by atoms with Gasteiger partial charge in [0, 0.05) is 25.2 Å². The van der Waals surface area contributed by atoms with Crippen LogP contribution in [0.25, 0.3) is 0 Å². The van der Waals surface area contributed by atoms with E-state index in [0.29, 0.717) is 28.6 Å². The van der Waals surface area contributed by atoms with Crippen molar-refractivity contribution in [2.45, 2.75) is 26.4 Å². The molecule has 0 aliphatic carbocycles. The SMILES string of the molecule is COc1ccc(CN(C)C(=O)C(NC(=O)c2ccccc2Cl)C(C)C)c(OC)c1. The number of amides is 2. The van der Waals surface area contributed by atoms with E-state index in [2.05, 4.69) is 5.32 Å². The van der Waals surface area contributed by atoms with E-state index in [1.165, 1.54) is 0 Å². The van der Waals surface area contributed by atoms with Gasteiger partial charge in [-0.2, -0.15) is 0 Å². The third-order valence-electron chi connectivity index (χ3n) is 4.62. The molecule has 0 aromatic heterocycles. The maximum absolute atomic E-state index is 13.1. The lowest BCUT2D eigenvalue weighted by atomic mass is 10.0. The van der Waals surface area contributed by atoms with E-state index in [1.54, 1.807) is 56.5 Å². The summed E-state index contributed by atoms with van der Waals surface area (Å²) in [6.07, 6.45) is 0. The van der Waals surface area contributed by atoms with Gasteiger partial charge in [0.1, 0.15) is 17.5 Å². The molecule has 29 heavy (non-hydrogen) atoms. The van der Waals surface area contributed by atoms with Gasteiger partial charge in [-0.1, -0.05) is 37.6 Å². The zero-order valence-corrected chi connectivity index (χ0v) is 18.1. The number of halogens is 1. The van der Waals surface area contributed by atoms with Crippen LogP contribution in [0.15, 0.2) is 42.5 Å². The van der Waals surface area contributed by atoms with E-state index in [0.717, 1.165) is 5.56 Å². The number of hydrogen-bond acceptors (Lipinski definition) is 4. The first-order valence-corrected chi connectivity index (χ1v) is 9.67. The summed E-state index contributed by atoms with van der Waals surface area (Å²) >= 11 is 6.11. The molecule has 1 atom stereocenters. The molecule has 6 nitrogen and oxygen atoms in total. The summed E-state index contributed by atoms with van der Waals surface area (Å²) in [4.78, 5) is 27.3. The van der Waals surface area contributed by atoms with E-state index in [-0.39, 0.29) is 17.7 Å². The molecule has 0 bridgehead atoms. The molecule has 0 fully saturated rings. The Balaban J connectivity index is 2.16. The number of nitrogens with zero attached hydrogens (tertiary/aromatic N) is 1. The van der Waals surface area contributed by atoms with Crippen molar-refractivity contribution in [2.24, 2.45) is 5.92 Å².